The standard InChI is InChI=1S/C10H18BrO3P/c1-5-7-13-15(12,14-8-6-2)10(4)9(3)11/h3-8H2,1-2H3. The van der Waals surface area contributed by atoms with Crippen molar-refractivity contribution in [3.05, 3.63) is 23.0 Å². The van der Waals surface area contributed by atoms with Crippen molar-refractivity contribution >= 4 is 23.5 Å². The monoisotopic (exact) mass is 296 g/mol. The molecule has 0 bridgehead atoms. The van der Waals surface area contributed by atoms with Crippen molar-refractivity contribution in [3.8, 4) is 0 Å². The predicted molar refractivity (Wildman–Crippen MR) is 67.3 cm³/mol. The van der Waals surface area contributed by atoms with Crippen molar-refractivity contribution in [3.63, 3.8) is 0 Å². The minimum Gasteiger partial charge on any atom is -0.305 e. The minimum atomic E-state index is -3.24. The largest absolute Gasteiger partial charge is 0.361 e. The smallest absolute Gasteiger partial charge is 0.305 e. The van der Waals surface area contributed by atoms with Crippen LogP contribution in [0, 0.1) is 0 Å². The highest BCUT2D eigenvalue weighted by Gasteiger charge is 2.29. The van der Waals surface area contributed by atoms with Gasteiger partial charge in [-0.25, -0.2) is 0 Å². The first-order chi connectivity index (χ1) is 6.98. The topological polar surface area (TPSA) is 35.5 Å². The first-order valence-corrected chi connectivity index (χ1v) is 7.24. The highest BCUT2D eigenvalue weighted by atomic mass is 79.9. The van der Waals surface area contributed by atoms with Gasteiger partial charge in [0.05, 0.1) is 18.5 Å². The lowest BCUT2D eigenvalue weighted by atomic mass is 10.5. The van der Waals surface area contributed by atoms with Crippen LogP contribution in [0.25, 0.3) is 0 Å². The molecule has 0 saturated heterocycles. The Hall–Kier alpha value is 0.110. The summed E-state index contributed by atoms with van der Waals surface area (Å²) in [4.78, 5) is 0. The summed E-state index contributed by atoms with van der Waals surface area (Å²) in [7, 11) is -3.24. The van der Waals surface area contributed by atoms with E-state index >= 15 is 0 Å². The average molecular weight is 297 g/mol. The van der Waals surface area contributed by atoms with E-state index in [-0.39, 0.29) is 0 Å². The molecule has 3 nitrogen and oxygen atoms in total. The Labute approximate surface area is 100 Å². The second-order valence-corrected chi connectivity index (χ2v) is 6.02. The molecular weight excluding hydrogens is 279 g/mol. The number of allylic oxidation sites excluding steroid dienone is 2. The Morgan fingerprint density at radius 3 is 1.87 bits per heavy atom. The molecule has 0 fully saturated rings. The number of hydrogen-bond acceptors (Lipinski definition) is 3. The summed E-state index contributed by atoms with van der Waals surface area (Å²) in [6.07, 6.45) is 1.56. The molecule has 88 valence electrons. The second kappa shape index (κ2) is 7.39. The van der Waals surface area contributed by atoms with Gasteiger partial charge in [0.1, 0.15) is 0 Å². The molecule has 0 unspecified atom stereocenters. The molecule has 0 aliphatic carbocycles. The molecule has 0 aromatic rings. The number of rotatable bonds is 8. The van der Waals surface area contributed by atoms with Crippen LogP contribution in [0.4, 0.5) is 0 Å². The third-order valence-corrected chi connectivity index (χ3v) is 4.34. The molecule has 0 radical (unpaired) electrons. The van der Waals surface area contributed by atoms with E-state index in [1.54, 1.807) is 0 Å². The van der Waals surface area contributed by atoms with E-state index in [4.69, 9.17) is 9.05 Å². The Morgan fingerprint density at radius 2 is 1.60 bits per heavy atom. The van der Waals surface area contributed by atoms with Gasteiger partial charge < -0.3 is 9.05 Å². The van der Waals surface area contributed by atoms with Crippen LogP contribution in [-0.4, -0.2) is 13.2 Å². The molecule has 0 spiro atoms. The SMILES string of the molecule is C=C(Br)C(=C)P(=O)(OCCC)OCCC. The zero-order valence-electron chi connectivity index (χ0n) is 9.29. The fraction of sp³-hybridized carbons (Fsp3) is 0.600. The lowest BCUT2D eigenvalue weighted by Gasteiger charge is -2.19. The molecule has 0 aromatic carbocycles. The molecule has 0 atom stereocenters. The van der Waals surface area contributed by atoms with E-state index in [2.05, 4.69) is 29.1 Å². The molecule has 0 saturated carbocycles. The van der Waals surface area contributed by atoms with Gasteiger partial charge >= 0.3 is 7.60 Å². The Balaban J connectivity index is 4.61. The third kappa shape index (κ3) is 5.12. The summed E-state index contributed by atoms with van der Waals surface area (Å²) in [5, 5.41) is 0.296. The van der Waals surface area contributed by atoms with Crippen LogP contribution in [0.1, 0.15) is 26.7 Å². The summed E-state index contributed by atoms with van der Waals surface area (Å²) in [5.74, 6) is 0. The van der Waals surface area contributed by atoms with Crippen LogP contribution in [0.2, 0.25) is 0 Å². The molecular formula is C10H18BrO3P. The normalized spacial score (nSPS) is 11.4. The zero-order chi connectivity index (χ0) is 11.9. The van der Waals surface area contributed by atoms with Gasteiger partial charge in [-0.1, -0.05) is 42.9 Å². The van der Waals surface area contributed by atoms with E-state index in [1.165, 1.54) is 0 Å². The summed E-state index contributed by atoms with van der Waals surface area (Å²) in [6.45, 7) is 12.0. The highest BCUT2D eigenvalue weighted by molar-refractivity contribution is 9.12. The van der Waals surface area contributed by atoms with Crippen LogP contribution in [0.5, 0.6) is 0 Å². The van der Waals surface area contributed by atoms with Crippen LogP contribution in [0.3, 0.4) is 0 Å². The van der Waals surface area contributed by atoms with Crippen molar-refractivity contribution in [2.45, 2.75) is 26.7 Å². The van der Waals surface area contributed by atoms with Gasteiger partial charge in [0.25, 0.3) is 0 Å². The van der Waals surface area contributed by atoms with Crippen molar-refractivity contribution in [2.24, 2.45) is 0 Å². The zero-order valence-corrected chi connectivity index (χ0v) is 11.8. The van der Waals surface area contributed by atoms with Gasteiger partial charge in [0, 0.05) is 4.48 Å². The molecule has 0 amide bonds. The Bertz CT molecular complexity index is 264. The van der Waals surface area contributed by atoms with Crippen LogP contribution >= 0.6 is 23.5 Å². The Morgan fingerprint density at radius 1 is 1.20 bits per heavy atom. The molecule has 0 rings (SSSR count). The van der Waals surface area contributed by atoms with E-state index in [0.717, 1.165) is 12.8 Å². The first-order valence-electron chi connectivity index (χ1n) is 4.91. The molecule has 0 heterocycles. The minimum absolute atomic E-state index is 0.296. The fourth-order valence-corrected chi connectivity index (χ4v) is 2.95. The summed E-state index contributed by atoms with van der Waals surface area (Å²) in [6, 6.07) is 0. The molecule has 0 aliphatic rings. The quantitative estimate of drug-likeness (QED) is 0.490. The molecule has 0 aromatic heterocycles. The van der Waals surface area contributed by atoms with Crippen molar-refractivity contribution in [2.75, 3.05) is 13.2 Å². The second-order valence-electron chi connectivity index (χ2n) is 3.02. The van der Waals surface area contributed by atoms with Gasteiger partial charge in [-0.3, -0.25) is 4.57 Å². The van der Waals surface area contributed by atoms with Crippen molar-refractivity contribution in [1.29, 1.82) is 0 Å². The van der Waals surface area contributed by atoms with E-state index < -0.39 is 7.60 Å². The van der Waals surface area contributed by atoms with Crippen LogP contribution in [-0.2, 0) is 13.6 Å². The van der Waals surface area contributed by atoms with Crippen LogP contribution in [0.15, 0.2) is 23.0 Å². The molecule has 5 heteroatoms. The maximum absolute atomic E-state index is 12.2. The van der Waals surface area contributed by atoms with Gasteiger partial charge in [0.15, 0.2) is 0 Å². The van der Waals surface area contributed by atoms with Gasteiger partial charge in [-0.05, 0) is 12.8 Å². The maximum atomic E-state index is 12.2. The summed E-state index contributed by atoms with van der Waals surface area (Å²) in [5.41, 5.74) is 0. The molecule has 0 N–H and O–H groups in total. The van der Waals surface area contributed by atoms with Gasteiger partial charge in [-0.15, -0.1) is 0 Å². The van der Waals surface area contributed by atoms with Crippen molar-refractivity contribution < 1.29 is 13.6 Å². The first kappa shape index (κ1) is 15.1. The van der Waals surface area contributed by atoms with Gasteiger partial charge in [-0.2, -0.15) is 0 Å². The van der Waals surface area contributed by atoms with Gasteiger partial charge in [0.2, 0.25) is 0 Å². The lowest BCUT2D eigenvalue weighted by Crippen LogP contribution is -2.00. The lowest BCUT2D eigenvalue weighted by molar-refractivity contribution is 0.211. The maximum Gasteiger partial charge on any atom is 0.361 e. The predicted octanol–water partition coefficient (Wildman–Crippen LogP) is 4.46. The van der Waals surface area contributed by atoms with E-state index in [1.807, 2.05) is 13.8 Å². The van der Waals surface area contributed by atoms with E-state index in [0.29, 0.717) is 23.0 Å². The number of hydrogen-bond donors (Lipinski definition) is 0. The summed E-state index contributed by atoms with van der Waals surface area (Å²) < 4.78 is 23.2. The summed E-state index contributed by atoms with van der Waals surface area (Å²) >= 11 is 3.13. The fourth-order valence-electron chi connectivity index (χ4n) is 0.765. The third-order valence-electron chi connectivity index (χ3n) is 1.57. The molecule has 0 aliphatic heterocycles. The Kier molecular flexibility index (Phi) is 7.45. The van der Waals surface area contributed by atoms with Crippen LogP contribution < -0.4 is 0 Å². The highest BCUT2D eigenvalue weighted by Crippen LogP contribution is 2.58. The average Bonchev–Trinajstić information content (AvgIpc) is 2.22. The molecule has 15 heavy (non-hydrogen) atoms. The van der Waals surface area contributed by atoms with E-state index in [9.17, 15) is 4.57 Å². The van der Waals surface area contributed by atoms with Crippen molar-refractivity contribution in [1.82, 2.24) is 0 Å². The number of halogens is 1.